The van der Waals surface area contributed by atoms with E-state index in [0.717, 1.165) is 16.5 Å². The van der Waals surface area contributed by atoms with Crippen LogP contribution in [0.5, 0.6) is 0 Å². The summed E-state index contributed by atoms with van der Waals surface area (Å²) in [7, 11) is 0. The predicted octanol–water partition coefficient (Wildman–Crippen LogP) is 3.37. The molecule has 0 saturated heterocycles. The van der Waals surface area contributed by atoms with E-state index in [2.05, 4.69) is 0 Å². The van der Waals surface area contributed by atoms with Gasteiger partial charge >= 0.3 is 5.97 Å². The highest BCUT2D eigenvalue weighted by molar-refractivity contribution is 6.41. The molecule has 5 heteroatoms. The molecule has 1 aromatic heterocycles. The molecule has 20 heavy (non-hydrogen) atoms. The highest BCUT2D eigenvalue weighted by Crippen LogP contribution is 2.28. The standard InChI is InChI=1S/C15H16ClNO3/c1-4-17-12-8-10(16)6-7-11(12)9(3)13(17)14(18)15(19)20-5-2/h6-8H,4-5H2,1-3H3. The summed E-state index contributed by atoms with van der Waals surface area (Å²) in [5, 5.41) is 1.52. The van der Waals surface area contributed by atoms with E-state index in [4.69, 9.17) is 16.3 Å². The highest BCUT2D eigenvalue weighted by atomic mass is 35.5. The molecule has 1 aromatic carbocycles. The van der Waals surface area contributed by atoms with E-state index in [1.54, 1.807) is 23.6 Å². The minimum Gasteiger partial charge on any atom is -0.460 e. The third-order valence-corrected chi connectivity index (χ3v) is 3.51. The molecule has 2 aromatic rings. The van der Waals surface area contributed by atoms with Crippen molar-refractivity contribution in [3.63, 3.8) is 0 Å². The molecule has 4 nitrogen and oxygen atoms in total. The number of Topliss-reactive ketones (excluding diaryl/α,β-unsaturated/α-hetero) is 1. The third-order valence-electron chi connectivity index (χ3n) is 3.27. The lowest BCUT2D eigenvalue weighted by Crippen LogP contribution is -2.21. The fraction of sp³-hybridized carbons (Fsp3) is 0.333. The zero-order valence-electron chi connectivity index (χ0n) is 11.7. The van der Waals surface area contributed by atoms with Gasteiger partial charge in [0.1, 0.15) is 5.69 Å². The van der Waals surface area contributed by atoms with E-state index >= 15 is 0 Å². The molecule has 0 atom stereocenters. The van der Waals surface area contributed by atoms with Gasteiger partial charge in [-0.25, -0.2) is 4.79 Å². The van der Waals surface area contributed by atoms with E-state index in [0.29, 0.717) is 17.3 Å². The smallest absolute Gasteiger partial charge is 0.381 e. The third kappa shape index (κ3) is 2.31. The molecule has 0 aliphatic heterocycles. The first kappa shape index (κ1) is 14.6. The van der Waals surface area contributed by atoms with E-state index in [9.17, 15) is 9.59 Å². The Morgan fingerprint density at radius 3 is 2.60 bits per heavy atom. The number of hydrogen-bond donors (Lipinski definition) is 0. The van der Waals surface area contributed by atoms with Crippen molar-refractivity contribution in [2.75, 3.05) is 6.61 Å². The van der Waals surface area contributed by atoms with Gasteiger partial charge in [-0.15, -0.1) is 0 Å². The monoisotopic (exact) mass is 293 g/mol. The van der Waals surface area contributed by atoms with Crippen LogP contribution in [0.25, 0.3) is 10.9 Å². The fourth-order valence-corrected chi connectivity index (χ4v) is 2.58. The van der Waals surface area contributed by atoms with Crippen molar-refractivity contribution in [1.29, 1.82) is 0 Å². The number of ketones is 1. The molecule has 106 valence electrons. The number of fused-ring (bicyclic) bond motifs is 1. The number of aryl methyl sites for hydroxylation is 2. The van der Waals surface area contributed by atoms with Crippen molar-refractivity contribution in [2.24, 2.45) is 0 Å². The first-order chi connectivity index (χ1) is 9.51. The maximum absolute atomic E-state index is 12.3. The Hall–Kier alpha value is -1.81. The van der Waals surface area contributed by atoms with Gasteiger partial charge in [0, 0.05) is 17.0 Å². The van der Waals surface area contributed by atoms with Gasteiger partial charge in [0.05, 0.1) is 12.1 Å². The second-order valence-corrected chi connectivity index (χ2v) is 4.87. The molecule has 0 spiro atoms. The number of rotatable bonds is 4. The van der Waals surface area contributed by atoms with Crippen LogP contribution < -0.4 is 0 Å². The van der Waals surface area contributed by atoms with Crippen molar-refractivity contribution >= 4 is 34.3 Å². The van der Waals surface area contributed by atoms with Gasteiger partial charge in [-0.1, -0.05) is 17.7 Å². The summed E-state index contributed by atoms with van der Waals surface area (Å²) in [5.41, 5.74) is 2.00. The number of nitrogens with zero attached hydrogens (tertiary/aromatic N) is 1. The number of ether oxygens (including phenoxy) is 1. The number of carbonyl (C=O) groups excluding carboxylic acids is 2. The molecule has 0 unspecified atom stereocenters. The van der Waals surface area contributed by atoms with E-state index in [1.165, 1.54) is 0 Å². The van der Waals surface area contributed by atoms with Crippen LogP contribution in [0.3, 0.4) is 0 Å². The average molecular weight is 294 g/mol. The zero-order chi connectivity index (χ0) is 14.9. The van der Waals surface area contributed by atoms with E-state index in [-0.39, 0.29) is 6.61 Å². The minimum atomic E-state index is -0.820. The van der Waals surface area contributed by atoms with E-state index in [1.807, 2.05) is 19.9 Å². The molecule has 0 saturated carbocycles. The lowest BCUT2D eigenvalue weighted by Gasteiger charge is -2.07. The molecule has 0 bridgehead atoms. The molecule has 0 N–H and O–H groups in total. The van der Waals surface area contributed by atoms with Gasteiger partial charge in [-0.3, -0.25) is 4.79 Å². The van der Waals surface area contributed by atoms with Crippen LogP contribution in [0.4, 0.5) is 0 Å². The van der Waals surface area contributed by atoms with Crippen LogP contribution in [0, 0.1) is 6.92 Å². The SMILES string of the molecule is CCOC(=O)C(=O)c1c(C)c2ccc(Cl)cc2n1CC. The number of carbonyl (C=O) groups is 2. The van der Waals surface area contributed by atoms with Crippen LogP contribution in [-0.4, -0.2) is 22.9 Å². The number of benzene rings is 1. The first-order valence-electron chi connectivity index (χ1n) is 6.51. The van der Waals surface area contributed by atoms with Crippen LogP contribution in [0.1, 0.15) is 29.9 Å². The Kier molecular flexibility index (Phi) is 4.14. The van der Waals surface area contributed by atoms with Crippen molar-refractivity contribution in [1.82, 2.24) is 4.57 Å². The van der Waals surface area contributed by atoms with Gasteiger partial charge in [-0.2, -0.15) is 0 Å². The van der Waals surface area contributed by atoms with Crippen molar-refractivity contribution in [3.8, 4) is 0 Å². The van der Waals surface area contributed by atoms with Crippen LogP contribution in [0.15, 0.2) is 18.2 Å². The Labute approximate surface area is 122 Å². The zero-order valence-corrected chi connectivity index (χ0v) is 12.5. The quantitative estimate of drug-likeness (QED) is 0.493. The second-order valence-electron chi connectivity index (χ2n) is 4.43. The highest BCUT2D eigenvalue weighted by Gasteiger charge is 2.26. The Morgan fingerprint density at radius 2 is 2.00 bits per heavy atom. The van der Waals surface area contributed by atoms with Crippen molar-refractivity contribution in [2.45, 2.75) is 27.3 Å². The lowest BCUT2D eigenvalue weighted by molar-refractivity contribution is -0.137. The average Bonchev–Trinajstić information content (AvgIpc) is 2.70. The Balaban J connectivity index is 2.66. The maximum atomic E-state index is 12.3. The summed E-state index contributed by atoms with van der Waals surface area (Å²) < 4.78 is 6.61. The number of halogens is 1. The summed E-state index contributed by atoms with van der Waals surface area (Å²) in [6.07, 6.45) is 0. The molecule has 0 aliphatic rings. The molecule has 0 amide bonds. The normalized spacial score (nSPS) is 10.8. The Bertz CT molecular complexity index is 688. The summed E-state index contributed by atoms with van der Waals surface area (Å²) >= 11 is 6.01. The van der Waals surface area contributed by atoms with Gasteiger partial charge in [0.25, 0.3) is 5.78 Å². The van der Waals surface area contributed by atoms with Crippen molar-refractivity contribution in [3.05, 3.63) is 34.5 Å². The predicted molar refractivity (Wildman–Crippen MR) is 78.3 cm³/mol. The van der Waals surface area contributed by atoms with Gasteiger partial charge in [-0.05, 0) is 38.5 Å². The summed E-state index contributed by atoms with van der Waals surface area (Å²) in [6, 6.07) is 5.44. The lowest BCUT2D eigenvalue weighted by atomic mass is 10.1. The van der Waals surface area contributed by atoms with Crippen LogP contribution in [-0.2, 0) is 16.1 Å². The van der Waals surface area contributed by atoms with Gasteiger partial charge < -0.3 is 9.30 Å². The molecule has 0 radical (unpaired) electrons. The number of aromatic nitrogens is 1. The Morgan fingerprint density at radius 1 is 1.30 bits per heavy atom. The van der Waals surface area contributed by atoms with Gasteiger partial charge in [0.15, 0.2) is 0 Å². The summed E-state index contributed by atoms with van der Waals surface area (Å²) in [6.45, 7) is 6.18. The molecule has 1 heterocycles. The minimum absolute atomic E-state index is 0.182. The summed E-state index contributed by atoms with van der Waals surface area (Å²) in [4.78, 5) is 24.0. The summed E-state index contributed by atoms with van der Waals surface area (Å²) in [5.74, 6) is -1.43. The second kappa shape index (κ2) is 5.67. The molecular formula is C15H16ClNO3. The maximum Gasteiger partial charge on any atom is 0.381 e. The van der Waals surface area contributed by atoms with Crippen LogP contribution in [0.2, 0.25) is 5.02 Å². The van der Waals surface area contributed by atoms with E-state index < -0.39 is 11.8 Å². The van der Waals surface area contributed by atoms with Crippen molar-refractivity contribution < 1.29 is 14.3 Å². The number of hydrogen-bond acceptors (Lipinski definition) is 3. The molecule has 0 fully saturated rings. The molecule has 0 aliphatic carbocycles. The van der Waals surface area contributed by atoms with Crippen LogP contribution >= 0.6 is 11.6 Å². The number of esters is 1. The largest absolute Gasteiger partial charge is 0.460 e. The first-order valence-corrected chi connectivity index (χ1v) is 6.88. The molecular weight excluding hydrogens is 278 g/mol. The topological polar surface area (TPSA) is 48.3 Å². The fourth-order valence-electron chi connectivity index (χ4n) is 2.41. The van der Waals surface area contributed by atoms with Gasteiger partial charge in [0.2, 0.25) is 0 Å². The molecule has 2 rings (SSSR count).